The summed E-state index contributed by atoms with van der Waals surface area (Å²) in [4.78, 5) is 25.2. The van der Waals surface area contributed by atoms with Gasteiger partial charge in [0.1, 0.15) is 5.58 Å². The standard InChI is InChI=1S/C24H19NO3/c1-15-7-5-8-16(2)22(15)25-23(26)19-11-6-10-17(13-19)20-14-18-9-3-4-12-21(18)28-24(20)27/h3-14H,1-2H3,(H,25,26). The van der Waals surface area contributed by atoms with Gasteiger partial charge in [0.15, 0.2) is 0 Å². The number of aryl methyl sites for hydroxylation is 2. The number of hydrogen-bond donors (Lipinski definition) is 1. The van der Waals surface area contributed by atoms with Gasteiger partial charge in [0.05, 0.1) is 5.56 Å². The van der Waals surface area contributed by atoms with Gasteiger partial charge in [-0.05, 0) is 54.8 Å². The third kappa shape index (κ3) is 3.32. The second-order valence-corrected chi connectivity index (χ2v) is 6.79. The van der Waals surface area contributed by atoms with Crippen molar-refractivity contribution in [2.24, 2.45) is 0 Å². The van der Waals surface area contributed by atoms with Crippen LogP contribution in [0.3, 0.4) is 0 Å². The second kappa shape index (κ2) is 7.16. The van der Waals surface area contributed by atoms with E-state index >= 15 is 0 Å². The summed E-state index contributed by atoms with van der Waals surface area (Å²) in [5.41, 5.74) is 4.48. The Bertz CT molecular complexity index is 1230. The van der Waals surface area contributed by atoms with Crippen molar-refractivity contribution in [2.75, 3.05) is 5.32 Å². The maximum absolute atomic E-state index is 12.8. The van der Waals surface area contributed by atoms with Crippen LogP contribution in [0.4, 0.5) is 5.69 Å². The number of anilines is 1. The van der Waals surface area contributed by atoms with Crippen molar-refractivity contribution in [1.82, 2.24) is 0 Å². The van der Waals surface area contributed by atoms with E-state index in [1.165, 1.54) is 0 Å². The van der Waals surface area contributed by atoms with Crippen LogP contribution in [0.15, 0.2) is 82.0 Å². The number of amides is 1. The zero-order chi connectivity index (χ0) is 19.7. The summed E-state index contributed by atoms with van der Waals surface area (Å²) >= 11 is 0. The predicted molar refractivity (Wildman–Crippen MR) is 112 cm³/mol. The first-order valence-electron chi connectivity index (χ1n) is 9.04. The maximum atomic E-state index is 12.8. The molecule has 1 aromatic heterocycles. The monoisotopic (exact) mass is 369 g/mol. The fraction of sp³-hybridized carbons (Fsp3) is 0.0833. The summed E-state index contributed by atoms with van der Waals surface area (Å²) < 4.78 is 5.42. The van der Waals surface area contributed by atoms with Gasteiger partial charge in [0.25, 0.3) is 5.91 Å². The van der Waals surface area contributed by atoms with Gasteiger partial charge in [0.2, 0.25) is 0 Å². The Morgan fingerprint density at radius 2 is 1.57 bits per heavy atom. The summed E-state index contributed by atoms with van der Waals surface area (Å²) in [6, 6.07) is 22.0. The van der Waals surface area contributed by atoms with E-state index in [0.29, 0.717) is 22.3 Å². The van der Waals surface area contributed by atoms with Crippen molar-refractivity contribution in [1.29, 1.82) is 0 Å². The topological polar surface area (TPSA) is 59.3 Å². The molecule has 0 unspecified atom stereocenters. The molecule has 0 saturated heterocycles. The molecule has 3 aromatic carbocycles. The SMILES string of the molecule is Cc1cccc(C)c1NC(=O)c1cccc(-c2cc3ccccc3oc2=O)c1. The lowest BCUT2D eigenvalue weighted by Gasteiger charge is -2.12. The average Bonchev–Trinajstić information content (AvgIpc) is 2.70. The lowest BCUT2D eigenvalue weighted by molar-refractivity contribution is 0.102. The molecule has 1 amide bonds. The minimum atomic E-state index is -0.425. The Balaban J connectivity index is 1.71. The fourth-order valence-corrected chi connectivity index (χ4v) is 3.29. The Morgan fingerprint density at radius 3 is 2.36 bits per heavy atom. The van der Waals surface area contributed by atoms with Crippen molar-refractivity contribution < 1.29 is 9.21 Å². The number of fused-ring (bicyclic) bond motifs is 1. The molecule has 0 radical (unpaired) electrons. The molecule has 0 aliphatic carbocycles. The number of para-hydroxylation sites is 2. The molecule has 28 heavy (non-hydrogen) atoms. The van der Waals surface area contributed by atoms with Crippen LogP contribution >= 0.6 is 0 Å². The van der Waals surface area contributed by atoms with Crippen LogP contribution in [0.1, 0.15) is 21.5 Å². The summed E-state index contributed by atoms with van der Waals surface area (Å²) in [6.45, 7) is 3.92. The number of rotatable bonds is 3. The number of carbonyl (C=O) groups is 1. The van der Waals surface area contributed by atoms with E-state index in [9.17, 15) is 9.59 Å². The van der Waals surface area contributed by atoms with E-state index in [1.807, 2.05) is 50.2 Å². The van der Waals surface area contributed by atoms with E-state index < -0.39 is 5.63 Å². The molecular formula is C24H19NO3. The van der Waals surface area contributed by atoms with Crippen LogP contribution in [-0.4, -0.2) is 5.91 Å². The molecule has 138 valence electrons. The van der Waals surface area contributed by atoms with Gasteiger partial charge in [-0.25, -0.2) is 4.79 Å². The van der Waals surface area contributed by atoms with Crippen molar-refractivity contribution in [3.8, 4) is 11.1 Å². The van der Waals surface area contributed by atoms with E-state index in [4.69, 9.17) is 4.42 Å². The lowest BCUT2D eigenvalue weighted by atomic mass is 10.0. The number of benzene rings is 3. The quantitative estimate of drug-likeness (QED) is 0.497. The third-order valence-electron chi connectivity index (χ3n) is 4.80. The summed E-state index contributed by atoms with van der Waals surface area (Å²) in [6.07, 6.45) is 0. The van der Waals surface area contributed by atoms with E-state index in [0.717, 1.165) is 22.2 Å². The largest absolute Gasteiger partial charge is 0.422 e. The fourth-order valence-electron chi connectivity index (χ4n) is 3.29. The molecular weight excluding hydrogens is 350 g/mol. The summed E-state index contributed by atoms with van der Waals surface area (Å²) in [5.74, 6) is -0.218. The summed E-state index contributed by atoms with van der Waals surface area (Å²) in [7, 11) is 0. The molecule has 0 aliphatic heterocycles. The van der Waals surface area contributed by atoms with Gasteiger partial charge in [-0.15, -0.1) is 0 Å². The minimum Gasteiger partial charge on any atom is -0.422 e. The highest BCUT2D eigenvalue weighted by atomic mass is 16.4. The van der Waals surface area contributed by atoms with Gasteiger partial charge in [-0.3, -0.25) is 4.79 Å². The van der Waals surface area contributed by atoms with Crippen LogP contribution in [0, 0.1) is 13.8 Å². The molecule has 0 spiro atoms. The number of hydrogen-bond acceptors (Lipinski definition) is 3. The zero-order valence-electron chi connectivity index (χ0n) is 15.7. The van der Waals surface area contributed by atoms with E-state index in [1.54, 1.807) is 36.4 Å². The highest BCUT2D eigenvalue weighted by Crippen LogP contribution is 2.24. The van der Waals surface area contributed by atoms with Gasteiger partial charge in [-0.1, -0.05) is 48.5 Å². The zero-order valence-corrected chi connectivity index (χ0v) is 15.7. The Morgan fingerprint density at radius 1 is 0.857 bits per heavy atom. The number of nitrogens with one attached hydrogen (secondary N) is 1. The molecule has 0 bridgehead atoms. The molecule has 1 heterocycles. The Hall–Kier alpha value is -3.66. The Labute approximate surface area is 162 Å². The van der Waals surface area contributed by atoms with Crippen molar-refractivity contribution in [3.63, 3.8) is 0 Å². The highest BCUT2D eigenvalue weighted by molar-refractivity contribution is 6.05. The third-order valence-corrected chi connectivity index (χ3v) is 4.80. The molecule has 4 nitrogen and oxygen atoms in total. The highest BCUT2D eigenvalue weighted by Gasteiger charge is 2.13. The van der Waals surface area contributed by atoms with Crippen molar-refractivity contribution in [2.45, 2.75) is 13.8 Å². The maximum Gasteiger partial charge on any atom is 0.344 e. The van der Waals surface area contributed by atoms with Gasteiger partial charge in [0, 0.05) is 16.6 Å². The van der Waals surface area contributed by atoms with Gasteiger partial charge < -0.3 is 9.73 Å². The molecule has 4 rings (SSSR count). The molecule has 4 aromatic rings. The second-order valence-electron chi connectivity index (χ2n) is 6.79. The normalized spacial score (nSPS) is 10.8. The lowest BCUT2D eigenvalue weighted by Crippen LogP contribution is -2.14. The molecule has 0 aliphatic rings. The van der Waals surface area contributed by atoms with Crippen LogP contribution in [0.2, 0.25) is 0 Å². The average molecular weight is 369 g/mol. The number of carbonyl (C=O) groups excluding carboxylic acids is 1. The Kier molecular flexibility index (Phi) is 4.53. The molecule has 1 N–H and O–H groups in total. The minimum absolute atomic E-state index is 0.218. The van der Waals surface area contributed by atoms with E-state index in [-0.39, 0.29) is 5.91 Å². The first kappa shape index (κ1) is 17.7. The molecule has 4 heteroatoms. The van der Waals surface area contributed by atoms with Crippen LogP contribution in [0.25, 0.3) is 22.1 Å². The molecule has 0 atom stereocenters. The molecule has 0 fully saturated rings. The van der Waals surface area contributed by atoms with Crippen LogP contribution in [-0.2, 0) is 0 Å². The van der Waals surface area contributed by atoms with Crippen molar-refractivity contribution in [3.05, 3.63) is 99.9 Å². The first-order chi connectivity index (χ1) is 13.5. The van der Waals surface area contributed by atoms with Gasteiger partial charge >= 0.3 is 5.63 Å². The summed E-state index contributed by atoms with van der Waals surface area (Å²) in [5, 5.41) is 3.81. The van der Waals surface area contributed by atoms with Crippen molar-refractivity contribution >= 4 is 22.6 Å². The predicted octanol–water partition coefficient (Wildman–Crippen LogP) is 5.33. The molecule has 0 saturated carbocycles. The first-order valence-corrected chi connectivity index (χ1v) is 9.04. The van der Waals surface area contributed by atoms with Crippen LogP contribution < -0.4 is 10.9 Å². The van der Waals surface area contributed by atoms with Gasteiger partial charge in [-0.2, -0.15) is 0 Å². The van der Waals surface area contributed by atoms with E-state index in [2.05, 4.69) is 5.32 Å². The van der Waals surface area contributed by atoms with Crippen LogP contribution in [0.5, 0.6) is 0 Å². The smallest absolute Gasteiger partial charge is 0.344 e.